The number of hydrogen-bond donors (Lipinski definition) is 0. The number of aryl methyl sites for hydroxylation is 2. The number of rotatable bonds is 3. The van der Waals surface area contributed by atoms with Gasteiger partial charge in [0.15, 0.2) is 0 Å². The third kappa shape index (κ3) is 2.53. The monoisotopic (exact) mass is 224 g/mol. The van der Waals surface area contributed by atoms with Gasteiger partial charge < -0.3 is 0 Å². The molecule has 0 aliphatic heterocycles. The van der Waals surface area contributed by atoms with E-state index in [2.05, 4.69) is 21.5 Å². The highest BCUT2D eigenvalue weighted by Gasteiger charge is 2.01. The van der Waals surface area contributed by atoms with Gasteiger partial charge in [0.1, 0.15) is 5.01 Å². The molecule has 1 heterocycles. The molecule has 4 heteroatoms. The van der Waals surface area contributed by atoms with Crippen LogP contribution in [0.15, 0.2) is 30.3 Å². The van der Waals surface area contributed by atoms with Crippen LogP contribution in [0, 0.1) is 0 Å². The van der Waals surface area contributed by atoms with E-state index in [0.29, 0.717) is 5.28 Å². The van der Waals surface area contributed by atoms with Crippen molar-refractivity contribution in [3.63, 3.8) is 0 Å². The summed E-state index contributed by atoms with van der Waals surface area (Å²) < 4.78 is 3.92. The first-order chi connectivity index (χ1) is 6.84. The highest BCUT2D eigenvalue weighted by Crippen LogP contribution is 2.12. The van der Waals surface area contributed by atoms with Crippen molar-refractivity contribution in [1.29, 1.82) is 0 Å². The van der Waals surface area contributed by atoms with Gasteiger partial charge in [-0.25, -0.2) is 4.98 Å². The van der Waals surface area contributed by atoms with E-state index < -0.39 is 0 Å². The first-order valence-electron chi connectivity index (χ1n) is 4.36. The molecule has 0 atom stereocenters. The van der Waals surface area contributed by atoms with Crippen LogP contribution in [0.25, 0.3) is 0 Å². The lowest BCUT2D eigenvalue weighted by atomic mass is 10.1. The minimum Gasteiger partial charge on any atom is -0.210 e. The fraction of sp³-hybridized carbons (Fsp3) is 0.200. The second-order valence-corrected chi connectivity index (χ2v) is 4.12. The normalized spacial score (nSPS) is 10.4. The topological polar surface area (TPSA) is 25.8 Å². The van der Waals surface area contributed by atoms with Gasteiger partial charge in [-0.1, -0.05) is 30.3 Å². The molecule has 0 fully saturated rings. The number of halogens is 1. The standard InChI is InChI=1S/C10H9ClN2S/c11-10-12-9(14-13-10)7-6-8-4-2-1-3-5-8/h1-5H,6-7H2. The maximum atomic E-state index is 5.63. The summed E-state index contributed by atoms with van der Waals surface area (Å²) >= 11 is 7.01. The fourth-order valence-corrected chi connectivity index (χ4v) is 2.03. The predicted octanol–water partition coefficient (Wildman–Crippen LogP) is 2.98. The average molecular weight is 225 g/mol. The molecule has 0 aliphatic rings. The number of benzene rings is 1. The minimum absolute atomic E-state index is 0.359. The lowest BCUT2D eigenvalue weighted by Crippen LogP contribution is -1.89. The first-order valence-corrected chi connectivity index (χ1v) is 5.52. The van der Waals surface area contributed by atoms with Crippen LogP contribution >= 0.6 is 23.1 Å². The molecule has 0 unspecified atom stereocenters. The Morgan fingerprint density at radius 3 is 2.57 bits per heavy atom. The van der Waals surface area contributed by atoms with Gasteiger partial charge in [0.2, 0.25) is 5.28 Å². The van der Waals surface area contributed by atoms with E-state index in [-0.39, 0.29) is 0 Å². The van der Waals surface area contributed by atoms with Gasteiger partial charge in [-0.05, 0) is 35.1 Å². The van der Waals surface area contributed by atoms with Gasteiger partial charge in [0.05, 0.1) is 0 Å². The van der Waals surface area contributed by atoms with Crippen molar-refractivity contribution in [2.75, 3.05) is 0 Å². The van der Waals surface area contributed by atoms with Crippen LogP contribution in [0.1, 0.15) is 10.6 Å². The van der Waals surface area contributed by atoms with Gasteiger partial charge >= 0.3 is 0 Å². The van der Waals surface area contributed by atoms with Crippen LogP contribution in [0.5, 0.6) is 0 Å². The van der Waals surface area contributed by atoms with E-state index in [1.165, 1.54) is 17.1 Å². The van der Waals surface area contributed by atoms with Gasteiger partial charge in [-0.3, -0.25) is 0 Å². The molecule has 0 aliphatic carbocycles. The van der Waals surface area contributed by atoms with Gasteiger partial charge in [-0.2, -0.15) is 4.37 Å². The molecule has 14 heavy (non-hydrogen) atoms. The molecule has 0 amide bonds. The summed E-state index contributed by atoms with van der Waals surface area (Å²) in [6.07, 6.45) is 1.90. The zero-order valence-corrected chi connectivity index (χ0v) is 9.05. The van der Waals surface area contributed by atoms with Crippen LogP contribution in [0.2, 0.25) is 5.28 Å². The molecule has 72 valence electrons. The van der Waals surface area contributed by atoms with Crippen molar-refractivity contribution >= 4 is 23.1 Å². The Labute approximate surface area is 91.7 Å². The Balaban J connectivity index is 1.95. The Kier molecular flexibility index (Phi) is 3.11. The molecule has 0 spiro atoms. The molecule has 1 aromatic carbocycles. The zero-order chi connectivity index (χ0) is 9.80. The number of hydrogen-bond acceptors (Lipinski definition) is 3. The molecule has 2 aromatic rings. The lowest BCUT2D eigenvalue weighted by molar-refractivity contribution is 0.943. The highest BCUT2D eigenvalue weighted by atomic mass is 35.5. The summed E-state index contributed by atoms with van der Waals surface area (Å²) in [7, 11) is 0. The van der Waals surface area contributed by atoms with Crippen molar-refractivity contribution in [1.82, 2.24) is 9.36 Å². The van der Waals surface area contributed by atoms with Crippen molar-refractivity contribution < 1.29 is 0 Å². The summed E-state index contributed by atoms with van der Waals surface area (Å²) in [5.74, 6) is 0. The summed E-state index contributed by atoms with van der Waals surface area (Å²) in [6, 6.07) is 10.3. The van der Waals surface area contributed by atoms with Crippen LogP contribution in [0.4, 0.5) is 0 Å². The number of aromatic nitrogens is 2. The van der Waals surface area contributed by atoms with E-state index in [9.17, 15) is 0 Å². The molecule has 0 saturated carbocycles. The maximum Gasteiger partial charge on any atom is 0.234 e. The van der Waals surface area contributed by atoms with Crippen LogP contribution in [-0.4, -0.2) is 9.36 Å². The molecule has 2 nitrogen and oxygen atoms in total. The Hall–Kier alpha value is -0.930. The summed E-state index contributed by atoms with van der Waals surface area (Å²) in [6.45, 7) is 0. The average Bonchev–Trinajstić information content (AvgIpc) is 2.63. The highest BCUT2D eigenvalue weighted by molar-refractivity contribution is 7.05. The third-order valence-electron chi connectivity index (χ3n) is 1.91. The molecule has 0 bridgehead atoms. The molecule has 0 saturated heterocycles. The smallest absolute Gasteiger partial charge is 0.210 e. The Morgan fingerprint density at radius 2 is 1.93 bits per heavy atom. The maximum absolute atomic E-state index is 5.63. The van der Waals surface area contributed by atoms with Crippen molar-refractivity contribution in [2.24, 2.45) is 0 Å². The van der Waals surface area contributed by atoms with Crippen molar-refractivity contribution in [2.45, 2.75) is 12.8 Å². The quantitative estimate of drug-likeness (QED) is 0.801. The molecular weight excluding hydrogens is 216 g/mol. The van der Waals surface area contributed by atoms with Gasteiger partial charge in [0.25, 0.3) is 0 Å². The van der Waals surface area contributed by atoms with Crippen LogP contribution < -0.4 is 0 Å². The predicted molar refractivity (Wildman–Crippen MR) is 58.8 cm³/mol. The van der Waals surface area contributed by atoms with E-state index in [1.807, 2.05) is 18.2 Å². The second-order valence-electron chi connectivity index (χ2n) is 2.94. The van der Waals surface area contributed by atoms with E-state index in [4.69, 9.17) is 11.6 Å². The SMILES string of the molecule is Clc1nsc(CCc2ccccc2)n1. The molecular formula is C10H9ClN2S. The summed E-state index contributed by atoms with van der Waals surface area (Å²) in [5, 5.41) is 1.36. The molecule has 2 rings (SSSR count). The number of nitrogens with zero attached hydrogens (tertiary/aromatic N) is 2. The fourth-order valence-electron chi connectivity index (χ4n) is 1.23. The van der Waals surface area contributed by atoms with E-state index in [0.717, 1.165) is 17.8 Å². The van der Waals surface area contributed by atoms with Crippen molar-refractivity contribution in [3.8, 4) is 0 Å². The second kappa shape index (κ2) is 4.53. The zero-order valence-electron chi connectivity index (χ0n) is 7.48. The Bertz CT molecular complexity index is 400. The van der Waals surface area contributed by atoms with Crippen LogP contribution in [-0.2, 0) is 12.8 Å². The summed E-state index contributed by atoms with van der Waals surface area (Å²) in [4.78, 5) is 4.10. The Morgan fingerprint density at radius 1 is 1.14 bits per heavy atom. The molecule has 0 N–H and O–H groups in total. The van der Waals surface area contributed by atoms with E-state index in [1.54, 1.807) is 0 Å². The van der Waals surface area contributed by atoms with Gasteiger partial charge in [-0.15, -0.1) is 0 Å². The van der Waals surface area contributed by atoms with Crippen molar-refractivity contribution in [3.05, 3.63) is 46.2 Å². The molecule has 0 radical (unpaired) electrons. The summed E-state index contributed by atoms with van der Waals surface area (Å²) in [5.41, 5.74) is 1.32. The molecule has 1 aromatic heterocycles. The third-order valence-corrected chi connectivity index (χ3v) is 2.95. The van der Waals surface area contributed by atoms with Crippen LogP contribution in [0.3, 0.4) is 0 Å². The van der Waals surface area contributed by atoms with Gasteiger partial charge in [0, 0.05) is 6.42 Å². The first kappa shape index (κ1) is 9.62. The van der Waals surface area contributed by atoms with E-state index >= 15 is 0 Å². The largest absolute Gasteiger partial charge is 0.234 e. The lowest BCUT2D eigenvalue weighted by Gasteiger charge is -1.96. The minimum atomic E-state index is 0.359.